The van der Waals surface area contributed by atoms with Crippen molar-refractivity contribution in [3.8, 4) is 0 Å². The molecule has 0 radical (unpaired) electrons. The summed E-state index contributed by atoms with van der Waals surface area (Å²) in [4.78, 5) is 14.7. The second-order valence-electron chi connectivity index (χ2n) is 8.23. The summed E-state index contributed by atoms with van der Waals surface area (Å²) < 4.78 is 32.9. The van der Waals surface area contributed by atoms with Crippen LogP contribution >= 0.6 is 0 Å². The van der Waals surface area contributed by atoms with Crippen LogP contribution in [0, 0.1) is 13.8 Å². The first-order valence-electron chi connectivity index (χ1n) is 10.7. The molecular formula is C22H29N3O4S. The molecular weight excluding hydrogens is 402 g/mol. The van der Waals surface area contributed by atoms with E-state index in [9.17, 15) is 13.2 Å². The maximum absolute atomic E-state index is 13.1. The van der Waals surface area contributed by atoms with E-state index in [0.29, 0.717) is 43.9 Å². The minimum Gasteiger partial charge on any atom is -0.361 e. The Morgan fingerprint density at radius 1 is 1.07 bits per heavy atom. The number of aromatic nitrogens is 1. The first-order valence-corrected chi connectivity index (χ1v) is 12.1. The Kier molecular flexibility index (Phi) is 5.97. The number of carbonyl (C=O) groups is 1. The quantitative estimate of drug-likeness (QED) is 0.727. The third-order valence-corrected chi connectivity index (χ3v) is 8.21. The summed E-state index contributed by atoms with van der Waals surface area (Å²) >= 11 is 0. The molecule has 162 valence electrons. The number of carbonyl (C=O) groups excluding carboxylic acids is 1. The molecule has 0 N–H and O–H groups in total. The molecule has 1 aromatic heterocycles. The molecule has 0 bridgehead atoms. The van der Waals surface area contributed by atoms with E-state index < -0.39 is 10.0 Å². The summed E-state index contributed by atoms with van der Waals surface area (Å²) in [6.07, 6.45) is 5.24. The topological polar surface area (TPSA) is 83.7 Å². The van der Waals surface area contributed by atoms with E-state index in [1.807, 2.05) is 26.0 Å². The zero-order valence-electron chi connectivity index (χ0n) is 17.7. The molecule has 4 rings (SSSR count). The van der Waals surface area contributed by atoms with Gasteiger partial charge in [-0.15, -0.1) is 0 Å². The number of fused-ring (bicyclic) bond motifs is 1. The fourth-order valence-electron chi connectivity index (χ4n) is 4.45. The number of benzene rings is 1. The Morgan fingerprint density at radius 2 is 1.77 bits per heavy atom. The summed E-state index contributed by atoms with van der Waals surface area (Å²) in [5.41, 5.74) is 4.24. The van der Waals surface area contributed by atoms with Crippen LogP contribution in [-0.2, 0) is 34.1 Å². The Balaban J connectivity index is 1.36. The van der Waals surface area contributed by atoms with Crippen molar-refractivity contribution in [2.45, 2.75) is 57.3 Å². The van der Waals surface area contributed by atoms with Gasteiger partial charge in [-0.05, 0) is 69.2 Å². The van der Waals surface area contributed by atoms with Crippen LogP contribution in [-0.4, -0.2) is 54.9 Å². The van der Waals surface area contributed by atoms with Gasteiger partial charge in [0.1, 0.15) is 5.76 Å². The Bertz CT molecular complexity index is 1020. The zero-order chi connectivity index (χ0) is 21.3. The standard InChI is InChI=1S/C22H29N3O4S/c1-16-21(17(2)29-23-16)9-10-22(26)24-11-13-25(14-12-24)30(27,28)20-8-7-18-5-3-4-6-19(18)15-20/h7-8,15H,3-6,9-14H2,1-2H3. The summed E-state index contributed by atoms with van der Waals surface area (Å²) in [6, 6.07) is 5.56. The van der Waals surface area contributed by atoms with Crippen molar-refractivity contribution in [1.29, 1.82) is 0 Å². The lowest BCUT2D eigenvalue weighted by molar-refractivity contribution is -0.132. The highest BCUT2D eigenvalue weighted by molar-refractivity contribution is 7.89. The molecule has 1 aliphatic heterocycles. The lowest BCUT2D eigenvalue weighted by Gasteiger charge is -2.34. The molecule has 8 heteroatoms. The maximum atomic E-state index is 13.1. The molecule has 2 heterocycles. The molecule has 1 aliphatic carbocycles. The molecule has 0 atom stereocenters. The van der Waals surface area contributed by atoms with E-state index in [4.69, 9.17) is 4.52 Å². The molecule has 1 aromatic carbocycles. The predicted octanol–water partition coefficient (Wildman–Crippen LogP) is 2.64. The lowest BCUT2D eigenvalue weighted by Crippen LogP contribution is -2.50. The van der Waals surface area contributed by atoms with E-state index in [-0.39, 0.29) is 5.91 Å². The van der Waals surface area contributed by atoms with Crippen molar-refractivity contribution in [2.75, 3.05) is 26.2 Å². The lowest BCUT2D eigenvalue weighted by atomic mass is 9.92. The van der Waals surface area contributed by atoms with Crippen molar-refractivity contribution < 1.29 is 17.7 Å². The second kappa shape index (κ2) is 8.51. The minimum absolute atomic E-state index is 0.0424. The SMILES string of the molecule is Cc1noc(C)c1CCC(=O)N1CCN(S(=O)(=O)c2ccc3c(c2)CCCC3)CC1. The van der Waals surface area contributed by atoms with Gasteiger partial charge in [-0.25, -0.2) is 8.42 Å². The molecule has 30 heavy (non-hydrogen) atoms. The van der Waals surface area contributed by atoms with Gasteiger partial charge in [0, 0.05) is 38.2 Å². The van der Waals surface area contributed by atoms with Gasteiger partial charge in [-0.2, -0.15) is 4.31 Å². The van der Waals surface area contributed by atoms with Crippen LogP contribution in [0.2, 0.25) is 0 Å². The van der Waals surface area contributed by atoms with E-state index in [1.54, 1.807) is 11.0 Å². The van der Waals surface area contributed by atoms with E-state index in [2.05, 4.69) is 5.16 Å². The van der Waals surface area contributed by atoms with Crippen molar-refractivity contribution >= 4 is 15.9 Å². The number of sulfonamides is 1. The van der Waals surface area contributed by atoms with Gasteiger partial charge in [-0.1, -0.05) is 11.2 Å². The number of hydrogen-bond donors (Lipinski definition) is 0. The fraction of sp³-hybridized carbons (Fsp3) is 0.545. The van der Waals surface area contributed by atoms with Crippen molar-refractivity contribution in [1.82, 2.24) is 14.4 Å². The molecule has 0 unspecified atom stereocenters. The summed E-state index contributed by atoms with van der Waals surface area (Å²) in [6.45, 7) is 5.23. The minimum atomic E-state index is -3.53. The highest BCUT2D eigenvalue weighted by Crippen LogP contribution is 2.26. The molecule has 1 amide bonds. The number of aryl methyl sites for hydroxylation is 4. The number of piperazine rings is 1. The highest BCUT2D eigenvalue weighted by atomic mass is 32.2. The largest absolute Gasteiger partial charge is 0.361 e. The van der Waals surface area contributed by atoms with Crippen LogP contribution < -0.4 is 0 Å². The number of amides is 1. The molecule has 1 saturated heterocycles. The molecule has 0 spiro atoms. The third-order valence-electron chi connectivity index (χ3n) is 6.32. The van der Waals surface area contributed by atoms with Crippen LogP contribution in [0.3, 0.4) is 0 Å². The fourth-order valence-corrected chi connectivity index (χ4v) is 5.92. The predicted molar refractivity (Wildman–Crippen MR) is 113 cm³/mol. The second-order valence-corrected chi connectivity index (χ2v) is 10.2. The Morgan fingerprint density at radius 3 is 2.43 bits per heavy atom. The van der Waals surface area contributed by atoms with Crippen molar-refractivity contribution in [3.63, 3.8) is 0 Å². The Labute approximate surface area is 178 Å². The van der Waals surface area contributed by atoms with E-state index in [0.717, 1.165) is 41.8 Å². The van der Waals surface area contributed by atoms with Gasteiger partial charge in [0.05, 0.1) is 10.6 Å². The van der Waals surface area contributed by atoms with Crippen LogP contribution in [0.4, 0.5) is 0 Å². The number of hydrogen-bond acceptors (Lipinski definition) is 5. The summed E-state index contributed by atoms with van der Waals surface area (Å²) in [5, 5.41) is 3.93. The number of rotatable bonds is 5. The van der Waals surface area contributed by atoms with E-state index >= 15 is 0 Å². The highest BCUT2D eigenvalue weighted by Gasteiger charge is 2.30. The summed E-state index contributed by atoms with van der Waals surface area (Å²) in [7, 11) is -3.53. The van der Waals surface area contributed by atoms with Crippen LogP contribution in [0.15, 0.2) is 27.6 Å². The third kappa shape index (κ3) is 4.16. The normalized spacial score (nSPS) is 17.7. The number of nitrogens with zero attached hydrogens (tertiary/aromatic N) is 3. The smallest absolute Gasteiger partial charge is 0.243 e. The average molecular weight is 432 g/mol. The van der Waals surface area contributed by atoms with Gasteiger partial charge in [0.15, 0.2) is 0 Å². The van der Waals surface area contributed by atoms with Crippen LogP contribution in [0.25, 0.3) is 0 Å². The van der Waals surface area contributed by atoms with Gasteiger partial charge >= 0.3 is 0 Å². The van der Waals surface area contributed by atoms with E-state index in [1.165, 1.54) is 16.3 Å². The monoisotopic (exact) mass is 431 g/mol. The molecule has 2 aromatic rings. The van der Waals surface area contributed by atoms with Crippen LogP contribution in [0.1, 0.15) is 47.4 Å². The average Bonchev–Trinajstić information content (AvgIpc) is 3.09. The Hall–Kier alpha value is -2.19. The summed E-state index contributed by atoms with van der Waals surface area (Å²) in [5.74, 6) is 0.794. The maximum Gasteiger partial charge on any atom is 0.243 e. The van der Waals surface area contributed by atoms with Crippen molar-refractivity contribution in [2.24, 2.45) is 0 Å². The molecule has 7 nitrogen and oxygen atoms in total. The molecule has 2 aliphatic rings. The first-order chi connectivity index (χ1) is 14.4. The van der Waals surface area contributed by atoms with Gasteiger partial charge in [0.25, 0.3) is 0 Å². The molecule has 1 fully saturated rings. The van der Waals surface area contributed by atoms with Crippen LogP contribution in [0.5, 0.6) is 0 Å². The van der Waals surface area contributed by atoms with Gasteiger partial charge < -0.3 is 9.42 Å². The van der Waals surface area contributed by atoms with Gasteiger partial charge in [0.2, 0.25) is 15.9 Å². The first kappa shape index (κ1) is 21.1. The van der Waals surface area contributed by atoms with Gasteiger partial charge in [-0.3, -0.25) is 4.79 Å². The zero-order valence-corrected chi connectivity index (χ0v) is 18.5. The molecule has 0 saturated carbocycles. The van der Waals surface area contributed by atoms with Crippen molar-refractivity contribution in [3.05, 3.63) is 46.3 Å².